The van der Waals surface area contributed by atoms with Gasteiger partial charge in [-0.05, 0) is 37.8 Å². The maximum Gasteiger partial charge on any atom is 0.239 e. The van der Waals surface area contributed by atoms with Crippen LogP contribution in [0.1, 0.15) is 24.4 Å². The van der Waals surface area contributed by atoms with Crippen molar-refractivity contribution in [3.63, 3.8) is 0 Å². The molecule has 1 N–H and O–H groups in total. The van der Waals surface area contributed by atoms with Crippen molar-refractivity contribution in [2.75, 3.05) is 39.8 Å². The summed E-state index contributed by atoms with van der Waals surface area (Å²) in [7, 11) is 1.71. The first-order valence-electron chi connectivity index (χ1n) is 8.94. The van der Waals surface area contributed by atoms with Crippen LogP contribution in [-0.4, -0.2) is 67.2 Å². The summed E-state index contributed by atoms with van der Waals surface area (Å²) in [6.45, 7) is 7.01. The molecule has 132 valence electrons. The van der Waals surface area contributed by atoms with Crippen LogP contribution in [0.15, 0.2) is 16.5 Å². The highest BCUT2D eigenvalue weighted by molar-refractivity contribution is 5.81. The summed E-state index contributed by atoms with van der Waals surface area (Å²) < 4.78 is 11.8. The van der Waals surface area contributed by atoms with Crippen molar-refractivity contribution in [1.29, 1.82) is 0 Å². The molecule has 1 spiro atoms. The number of ether oxygens (including phenoxy) is 1. The second kappa shape index (κ2) is 6.17. The summed E-state index contributed by atoms with van der Waals surface area (Å²) in [4.78, 5) is 16.9. The predicted octanol–water partition coefficient (Wildman–Crippen LogP) is 0.999. The lowest BCUT2D eigenvalue weighted by molar-refractivity contribution is -0.203. The maximum atomic E-state index is 12.1. The van der Waals surface area contributed by atoms with E-state index in [0.29, 0.717) is 6.61 Å². The molecule has 1 aromatic rings. The quantitative estimate of drug-likeness (QED) is 0.871. The third-order valence-corrected chi connectivity index (χ3v) is 5.42. The Morgan fingerprint density at radius 2 is 2.12 bits per heavy atom. The summed E-state index contributed by atoms with van der Waals surface area (Å²) in [5, 5.41) is 2.78. The van der Waals surface area contributed by atoms with Crippen LogP contribution < -0.4 is 5.32 Å². The van der Waals surface area contributed by atoms with Crippen molar-refractivity contribution in [3.05, 3.63) is 23.7 Å². The molecule has 1 atom stereocenters. The normalized spacial score (nSPS) is 27.2. The fourth-order valence-corrected chi connectivity index (χ4v) is 3.98. The molecule has 0 radical (unpaired) electrons. The van der Waals surface area contributed by atoms with Crippen molar-refractivity contribution < 1.29 is 13.9 Å². The molecule has 3 fully saturated rings. The predicted molar refractivity (Wildman–Crippen MR) is 89.6 cm³/mol. The highest BCUT2D eigenvalue weighted by Gasteiger charge is 2.51. The summed E-state index contributed by atoms with van der Waals surface area (Å²) in [6, 6.07) is 3.92. The van der Waals surface area contributed by atoms with Gasteiger partial charge < -0.3 is 14.5 Å². The van der Waals surface area contributed by atoms with E-state index in [1.165, 1.54) is 12.8 Å². The van der Waals surface area contributed by atoms with E-state index >= 15 is 0 Å². The zero-order chi connectivity index (χ0) is 16.7. The van der Waals surface area contributed by atoms with Gasteiger partial charge in [0.25, 0.3) is 0 Å². The number of likely N-dealkylation sites (tertiary alicyclic amines) is 1. The fraction of sp³-hybridized carbons (Fsp3) is 0.722. The molecule has 24 heavy (non-hydrogen) atoms. The molecule has 1 amide bonds. The van der Waals surface area contributed by atoms with Gasteiger partial charge in [0.05, 0.1) is 13.2 Å². The number of nitrogens with zero attached hydrogens (tertiary/aromatic N) is 2. The number of amides is 1. The van der Waals surface area contributed by atoms with E-state index in [-0.39, 0.29) is 17.6 Å². The minimum Gasteiger partial charge on any atom is -0.465 e. The Kier molecular flexibility index (Phi) is 4.14. The number of likely N-dealkylation sites (N-methyl/N-ethyl adjacent to an activating group) is 1. The molecule has 3 aliphatic rings. The Hall–Kier alpha value is -1.37. The van der Waals surface area contributed by atoms with Gasteiger partial charge in [-0.1, -0.05) is 0 Å². The highest BCUT2D eigenvalue weighted by Crippen LogP contribution is 2.36. The van der Waals surface area contributed by atoms with E-state index in [4.69, 9.17) is 9.15 Å². The molecule has 2 aliphatic heterocycles. The molecular formula is C18H27N3O3. The number of furan rings is 1. The molecule has 0 bridgehead atoms. The van der Waals surface area contributed by atoms with Crippen LogP contribution in [0.2, 0.25) is 0 Å². The first-order chi connectivity index (χ1) is 11.6. The minimum absolute atomic E-state index is 0.0766. The van der Waals surface area contributed by atoms with E-state index < -0.39 is 0 Å². The largest absolute Gasteiger partial charge is 0.465 e. The summed E-state index contributed by atoms with van der Waals surface area (Å²) in [6.07, 6.45) is 2.60. The van der Waals surface area contributed by atoms with E-state index in [1.807, 2.05) is 19.1 Å². The van der Waals surface area contributed by atoms with Gasteiger partial charge in [0.15, 0.2) is 0 Å². The maximum absolute atomic E-state index is 12.1. The molecule has 4 rings (SSSR count). The Bertz CT molecular complexity index is 604. The summed E-state index contributed by atoms with van der Waals surface area (Å²) in [5.74, 6) is 2.82. The van der Waals surface area contributed by atoms with Gasteiger partial charge in [-0.15, -0.1) is 0 Å². The van der Waals surface area contributed by atoms with Gasteiger partial charge in [-0.25, -0.2) is 0 Å². The summed E-state index contributed by atoms with van der Waals surface area (Å²) >= 11 is 0. The number of morpholine rings is 1. The zero-order valence-electron chi connectivity index (χ0n) is 14.6. The second-order valence-corrected chi connectivity index (χ2v) is 7.65. The van der Waals surface area contributed by atoms with E-state index in [1.54, 1.807) is 7.05 Å². The summed E-state index contributed by atoms with van der Waals surface area (Å²) in [5.41, 5.74) is -0.110. The first kappa shape index (κ1) is 16.1. The van der Waals surface area contributed by atoms with Crippen LogP contribution >= 0.6 is 0 Å². The molecule has 1 saturated carbocycles. The van der Waals surface area contributed by atoms with Crippen LogP contribution in [0.4, 0.5) is 0 Å². The number of hydrogen-bond donors (Lipinski definition) is 1. The monoisotopic (exact) mass is 333 g/mol. The average Bonchev–Trinajstić information content (AvgIpc) is 3.26. The molecule has 0 unspecified atom stereocenters. The number of aryl methyl sites for hydroxylation is 1. The number of carbonyl (C=O) groups is 1. The van der Waals surface area contributed by atoms with Crippen LogP contribution in [0.5, 0.6) is 0 Å². The van der Waals surface area contributed by atoms with Crippen molar-refractivity contribution in [2.45, 2.75) is 38.0 Å². The smallest absolute Gasteiger partial charge is 0.239 e. The SMILES string of the molecule is CNC(=O)[C@H]1COC2(CN(Cc3ccc(C)o3)C2)CN1CC1CC1. The highest BCUT2D eigenvalue weighted by atomic mass is 16.5. The molecule has 6 heteroatoms. The van der Waals surface area contributed by atoms with Gasteiger partial charge in [0.2, 0.25) is 5.91 Å². The van der Waals surface area contributed by atoms with Crippen molar-refractivity contribution in [1.82, 2.24) is 15.1 Å². The molecular weight excluding hydrogens is 306 g/mol. The number of carbonyl (C=O) groups excluding carboxylic acids is 1. The molecule has 3 heterocycles. The van der Waals surface area contributed by atoms with E-state index in [0.717, 1.165) is 50.2 Å². The van der Waals surface area contributed by atoms with E-state index in [9.17, 15) is 4.79 Å². The molecule has 6 nitrogen and oxygen atoms in total. The Morgan fingerprint density at radius 3 is 2.75 bits per heavy atom. The van der Waals surface area contributed by atoms with Gasteiger partial charge in [0, 0.05) is 33.2 Å². The number of hydrogen-bond acceptors (Lipinski definition) is 5. The third kappa shape index (κ3) is 3.23. The number of nitrogens with one attached hydrogen (secondary N) is 1. The molecule has 1 aromatic heterocycles. The first-order valence-corrected chi connectivity index (χ1v) is 8.94. The lowest BCUT2D eigenvalue weighted by Gasteiger charge is -2.55. The van der Waals surface area contributed by atoms with Gasteiger partial charge in [-0.3, -0.25) is 14.6 Å². The zero-order valence-corrected chi connectivity index (χ0v) is 14.6. The molecule has 2 saturated heterocycles. The molecule has 0 aromatic carbocycles. The Morgan fingerprint density at radius 1 is 1.33 bits per heavy atom. The van der Waals surface area contributed by atoms with Crippen LogP contribution in [-0.2, 0) is 16.1 Å². The minimum atomic E-state index is -0.136. The van der Waals surface area contributed by atoms with Gasteiger partial charge in [0.1, 0.15) is 23.2 Å². The van der Waals surface area contributed by atoms with Crippen molar-refractivity contribution in [3.8, 4) is 0 Å². The number of rotatable bonds is 5. The average molecular weight is 333 g/mol. The fourth-order valence-electron chi connectivity index (χ4n) is 3.98. The van der Waals surface area contributed by atoms with Crippen LogP contribution in [0.25, 0.3) is 0 Å². The lowest BCUT2D eigenvalue weighted by atomic mass is 9.90. The van der Waals surface area contributed by atoms with Gasteiger partial charge >= 0.3 is 0 Å². The lowest BCUT2D eigenvalue weighted by Crippen LogP contribution is -2.72. The topological polar surface area (TPSA) is 58.0 Å². The van der Waals surface area contributed by atoms with Crippen molar-refractivity contribution in [2.24, 2.45) is 5.92 Å². The third-order valence-electron chi connectivity index (χ3n) is 5.42. The van der Waals surface area contributed by atoms with E-state index in [2.05, 4.69) is 15.1 Å². The standard InChI is InChI=1S/C18H27N3O3/c1-13-3-6-15(24-13)8-20-10-18(11-20)12-21(7-14-4-5-14)16(9-23-18)17(22)19-2/h3,6,14,16H,4-5,7-12H2,1-2H3,(H,19,22)/t16-/m1/s1. The van der Waals surface area contributed by atoms with Crippen LogP contribution in [0, 0.1) is 12.8 Å². The Labute approximate surface area is 143 Å². The van der Waals surface area contributed by atoms with Gasteiger partial charge in [-0.2, -0.15) is 0 Å². The van der Waals surface area contributed by atoms with Crippen molar-refractivity contribution >= 4 is 5.91 Å². The molecule has 1 aliphatic carbocycles. The van der Waals surface area contributed by atoms with Crippen LogP contribution in [0.3, 0.4) is 0 Å². The second-order valence-electron chi connectivity index (χ2n) is 7.65. The Balaban J connectivity index is 1.36.